The number of carbonyl (C=O) groups is 1. The highest BCUT2D eigenvalue weighted by Crippen LogP contribution is 2.34. The van der Waals surface area contributed by atoms with E-state index < -0.39 is 29.9 Å². The van der Waals surface area contributed by atoms with Crippen LogP contribution in [-0.4, -0.2) is 57.4 Å². The van der Waals surface area contributed by atoms with Crippen molar-refractivity contribution in [2.75, 3.05) is 18.4 Å². The number of alkyl halides is 2. The van der Waals surface area contributed by atoms with E-state index >= 15 is 0 Å². The number of nitrogens with one attached hydrogen (secondary N) is 1. The van der Waals surface area contributed by atoms with Gasteiger partial charge in [0.15, 0.2) is 5.82 Å². The first kappa shape index (κ1) is 25.5. The second-order valence-corrected chi connectivity index (χ2v) is 9.37. The molecule has 1 aliphatic heterocycles. The average Bonchev–Trinajstić information content (AvgIpc) is 3.25. The number of ether oxygens (including phenoxy) is 3. The van der Waals surface area contributed by atoms with Gasteiger partial charge in [0.2, 0.25) is 5.88 Å². The normalized spacial score (nSPS) is 15.9. The summed E-state index contributed by atoms with van der Waals surface area (Å²) in [7, 11) is 0. The summed E-state index contributed by atoms with van der Waals surface area (Å²) in [6.45, 7) is 3.06. The third-order valence-corrected chi connectivity index (χ3v) is 5.33. The van der Waals surface area contributed by atoms with Gasteiger partial charge in [-0.3, -0.25) is 0 Å². The molecule has 0 saturated carbocycles. The number of amides is 1. The summed E-state index contributed by atoms with van der Waals surface area (Å²) in [4.78, 5) is 26.6. The largest absolute Gasteiger partial charge is 0.472 e. The van der Waals surface area contributed by atoms with Crippen molar-refractivity contribution in [3.05, 3.63) is 41.4 Å². The van der Waals surface area contributed by atoms with E-state index in [4.69, 9.17) is 21.1 Å². The lowest BCUT2D eigenvalue weighted by Crippen LogP contribution is -2.36. The highest BCUT2D eigenvalue weighted by Gasteiger charge is 2.31. The molecule has 1 N–H and O–H groups in total. The number of rotatable bonds is 6. The van der Waals surface area contributed by atoms with E-state index in [1.54, 1.807) is 37.8 Å². The molecule has 1 aliphatic rings. The van der Waals surface area contributed by atoms with Gasteiger partial charge in [-0.25, -0.2) is 24.1 Å². The number of halogens is 4. The fraction of sp³-hybridized carbons (Fsp3) is 0.391. The molecule has 0 unspecified atom stereocenters. The van der Waals surface area contributed by atoms with Crippen LogP contribution in [0.1, 0.15) is 27.2 Å². The van der Waals surface area contributed by atoms with E-state index in [9.17, 15) is 18.0 Å². The van der Waals surface area contributed by atoms with Crippen molar-refractivity contribution in [2.24, 2.45) is 0 Å². The van der Waals surface area contributed by atoms with Crippen molar-refractivity contribution in [1.82, 2.24) is 19.9 Å². The van der Waals surface area contributed by atoms with Gasteiger partial charge in [-0.1, -0.05) is 11.6 Å². The molecule has 1 saturated heterocycles. The average molecular weight is 526 g/mol. The predicted molar refractivity (Wildman–Crippen MR) is 125 cm³/mol. The summed E-state index contributed by atoms with van der Waals surface area (Å²) >= 11 is 5.95. The topological polar surface area (TPSA) is 98.7 Å². The van der Waals surface area contributed by atoms with E-state index in [0.29, 0.717) is 25.0 Å². The Balaban J connectivity index is 1.51. The van der Waals surface area contributed by atoms with Crippen molar-refractivity contribution in [3.63, 3.8) is 0 Å². The molecular formula is C23H23ClF3N5O4. The molecule has 1 atom stereocenters. The zero-order chi connectivity index (χ0) is 26.0. The minimum Gasteiger partial charge on any atom is -0.472 e. The minimum atomic E-state index is -3.15. The van der Waals surface area contributed by atoms with Crippen LogP contribution >= 0.6 is 11.6 Å². The molecular weight excluding hydrogens is 503 g/mol. The van der Waals surface area contributed by atoms with Gasteiger partial charge in [-0.15, -0.1) is 0 Å². The first-order chi connectivity index (χ1) is 17.0. The molecule has 36 heavy (non-hydrogen) atoms. The first-order valence-electron chi connectivity index (χ1n) is 11.0. The summed E-state index contributed by atoms with van der Waals surface area (Å²) in [5.74, 6) is -0.976. The van der Waals surface area contributed by atoms with Crippen LogP contribution in [0.3, 0.4) is 0 Å². The van der Waals surface area contributed by atoms with Crippen LogP contribution in [0, 0.1) is 5.82 Å². The number of hydrogen-bond donors (Lipinski definition) is 1. The van der Waals surface area contributed by atoms with Crippen molar-refractivity contribution in [1.29, 1.82) is 0 Å². The van der Waals surface area contributed by atoms with Gasteiger partial charge in [0.25, 0.3) is 0 Å². The number of carbonyl (C=O) groups excluding carboxylic acids is 1. The molecule has 0 aliphatic carbocycles. The Morgan fingerprint density at radius 3 is 2.75 bits per heavy atom. The number of fused-ring (bicyclic) bond motifs is 1. The number of aromatic nitrogens is 3. The summed E-state index contributed by atoms with van der Waals surface area (Å²) in [6.07, 6.45) is 1.13. The zero-order valence-corrected chi connectivity index (χ0v) is 20.4. The number of anilines is 2. The Morgan fingerprint density at radius 2 is 2.03 bits per heavy atom. The molecule has 3 aromatic rings. The zero-order valence-electron chi connectivity index (χ0n) is 19.6. The van der Waals surface area contributed by atoms with Crippen LogP contribution < -0.4 is 14.8 Å². The molecule has 9 nitrogen and oxygen atoms in total. The highest BCUT2D eigenvalue weighted by molar-refractivity contribution is 6.32. The number of benzene rings is 1. The first-order valence-corrected chi connectivity index (χ1v) is 11.3. The van der Waals surface area contributed by atoms with Gasteiger partial charge in [0.1, 0.15) is 35.1 Å². The molecule has 2 aromatic heterocycles. The van der Waals surface area contributed by atoms with Crippen LogP contribution in [0.15, 0.2) is 30.6 Å². The highest BCUT2D eigenvalue weighted by atomic mass is 35.5. The number of pyridine rings is 1. The van der Waals surface area contributed by atoms with E-state index in [0.717, 1.165) is 12.1 Å². The number of hydrogen-bond acceptors (Lipinski definition) is 8. The monoisotopic (exact) mass is 525 g/mol. The Morgan fingerprint density at radius 1 is 1.25 bits per heavy atom. The predicted octanol–water partition coefficient (Wildman–Crippen LogP) is 5.55. The van der Waals surface area contributed by atoms with Gasteiger partial charge in [0.05, 0.1) is 22.8 Å². The maximum atomic E-state index is 14.5. The van der Waals surface area contributed by atoms with Gasteiger partial charge >= 0.3 is 12.7 Å². The molecule has 0 spiro atoms. The fourth-order valence-electron chi connectivity index (χ4n) is 3.51. The number of nitrogens with zero attached hydrogens (tertiary/aromatic N) is 4. The lowest BCUT2D eigenvalue weighted by atomic mass is 10.2. The van der Waals surface area contributed by atoms with Crippen LogP contribution in [0.5, 0.6) is 11.6 Å². The summed E-state index contributed by atoms with van der Waals surface area (Å²) in [5, 5.41) is 2.54. The second kappa shape index (κ2) is 10.2. The van der Waals surface area contributed by atoms with Gasteiger partial charge in [0, 0.05) is 25.1 Å². The van der Waals surface area contributed by atoms with E-state index in [1.165, 1.54) is 6.33 Å². The van der Waals surface area contributed by atoms with E-state index in [1.807, 2.05) is 0 Å². The van der Waals surface area contributed by atoms with Crippen LogP contribution in [0.2, 0.25) is 5.02 Å². The van der Waals surface area contributed by atoms with Gasteiger partial charge in [-0.2, -0.15) is 8.78 Å². The molecule has 192 valence electrons. The van der Waals surface area contributed by atoms with Crippen LogP contribution in [0.25, 0.3) is 11.0 Å². The molecule has 3 heterocycles. The lowest BCUT2D eigenvalue weighted by molar-refractivity contribution is -0.0499. The van der Waals surface area contributed by atoms with Gasteiger partial charge < -0.3 is 24.4 Å². The summed E-state index contributed by atoms with van der Waals surface area (Å²) in [6, 6.07) is 5.14. The molecule has 0 radical (unpaired) electrons. The van der Waals surface area contributed by atoms with Crippen LogP contribution in [-0.2, 0) is 4.74 Å². The van der Waals surface area contributed by atoms with Crippen molar-refractivity contribution < 1.29 is 32.2 Å². The van der Waals surface area contributed by atoms with Crippen molar-refractivity contribution >= 4 is 40.2 Å². The van der Waals surface area contributed by atoms with Crippen molar-refractivity contribution in [2.45, 2.75) is 45.5 Å². The Labute approximate surface area is 209 Å². The molecule has 1 fully saturated rings. The molecule has 4 rings (SSSR count). The fourth-order valence-corrected chi connectivity index (χ4v) is 3.71. The smallest absolute Gasteiger partial charge is 0.410 e. The summed E-state index contributed by atoms with van der Waals surface area (Å²) in [5.41, 5.74) is 0.00372. The minimum absolute atomic E-state index is 0.126. The molecule has 1 aromatic carbocycles. The third-order valence-electron chi connectivity index (χ3n) is 5.03. The SMILES string of the molecule is CC(C)(C)OC(=O)N1CC[C@H](Oc2ccc3ncnc(Nc4cc(Cl)c(OC(F)F)cc4F)c3n2)C1. The van der Waals surface area contributed by atoms with E-state index in [2.05, 4.69) is 25.0 Å². The Kier molecular flexibility index (Phi) is 7.25. The Hall–Kier alpha value is -3.54. The molecule has 0 bridgehead atoms. The standard InChI is InChI=1S/C23H23ClF3N5O4/c1-23(2,3)36-22(33)32-7-6-12(10-32)34-18-5-4-15-19(31-18)20(29-11-28-15)30-16-8-13(24)17(9-14(16)25)35-21(26)27/h4-5,8-9,11-12,21H,6-7,10H2,1-3H3,(H,28,29,30)/t12-/m0/s1. The van der Waals surface area contributed by atoms with E-state index in [-0.39, 0.29) is 34.0 Å². The lowest BCUT2D eigenvalue weighted by Gasteiger charge is -2.24. The summed E-state index contributed by atoms with van der Waals surface area (Å²) < 4.78 is 55.1. The third kappa shape index (κ3) is 6.17. The second-order valence-electron chi connectivity index (χ2n) is 8.96. The maximum Gasteiger partial charge on any atom is 0.410 e. The maximum absolute atomic E-state index is 14.5. The quantitative estimate of drug-likeness (QED) is 0.447. The molecule has 1 amide bonds. The molecule has 13 heteroatoms. The number of likely N-dealkylation sites (tertiary alicyclic amines) is 1. The van der Waals surface area contributed by atoms with Crippen molar-refractivity contribution in [3.8, 4) is 11.6 Å². The van der Waals surface area contributed by atoms with Crippen LogP contribution in [0.4, 0.5) is 29.5 Å². The Bertz CT molecular complexity index is 1270. The van der Waals surface area contributed by atoms with Gasteiger partial charge in [-0.05, 0) is 32.9 Å².